The van der Waals surface area contributed by atoms with E-state index in [0.29, 0.717) is 5.13 Å². The van der Waals surface area contributed by atoms with Gasteiger partial charge in [0.2, 0.25) is 0 Å². The van der Waals surface area contributed by atoms with Gasteiger partial charge in [-0.25, -0.2) is 23.1 Å². The molecular formula is C24H27ClF3N9O2S2. The predicted octanol–water partition coefficient (Wildman–Crippen LogP) is 3.64. The lowest BCUT2D eigenvalue weighted by Crippen LogP contribution is -2.14. The summed E-state index contributed by atoms with van der Waals surface area (Å²) >= 11 is 10.4. The van der Waals surface area contributed by atoms with Crippen LogP contribution in [0.25, 0.3) is 11.5 Å². The molecule has 0 fully saturated rings. The number of halogens is 4. The molecular weight excluding hydrogens is 603 g/mol. The van der Waals surface area contributed by atoms with Crippen LogP contribution in [0.1, 0.15) is 11.4 Å². The summed E-state index contributed by atoms with van der Waals surface area (Å²) in [6.07, 6.45) is 4.30. The summed E-state index contributed by atoms with van der Waals surface area (Å²) < 4.78 is 42.3. The fourth-order valence-corrected chi connectivity index (χ4v) is 2.70. The number of nitrogens with zero attached hydrogens (tertiary/aromatic N) is 5. The molecule has 0 spiro atoms. The lowest BCUT2D eigenvalue weighted by molar-refractivity contribution is 0.399. The van der Waals surface area contributed by atoms with E-state index in [1.54, 1.807) is 0 Å². The monoisotopic (exact) mass is 629 g/mol. The maximum Gasteiger partial charge on any atom is 0.200 e. The van der Waals surface area contributed by atoms with Gasteiger partial charge in [0.25, 0.3) is 0 Å². The van der Waals surface area contributed by atoms with E-state index in [9.17, 15) is 13.2 Å². The third-order valence-electron chi connectivity index (χ3n) is 3.60. The van der Waals surface area contributed by atoms with Crippen molar-refractivity contribution in [3.63, 3.8) is 0 Å². The number of thiocarbonyl (C=S) groups is 1. The average molecular weight is 630 g/mol. The second-order valence-corrected chi connectivity index (χ2v) is 7.47. The Morgan fingerprint density at radius 3 is 1.73 bits per heavy atom. The van der Waals surface area contributed by atoms with Crippen LogP contribution in [0.5, 0.6) is 0 Å². The van der Waals surface area contributed by atoms with Crippen molar-refractivity contribution in [2.75, 3.05) is 25.8 Å². The first kappa shape index (κ1) is 39.0. The van der Waals surface area contributed by atoms with Gasteiger partial charge in [0, 0.05) is 44.3 Å². The number of aliphatic hydroxyl groups excluding tert-OH is 2. The highest BCUT2D eigenvalue weighted by Gasteiger charge is 2.10. The molecule has 0 aliphatic rings. The van der Waals surface area contributed by atoms with E-state index in [-0.39, 0.29) is 40.3 Å². The van der Waals surface area contributed by atoms with E-state index in [1.807, 2.05) is 0 Å². The van der Waals surface area contributed by atoms with E-state index in [1.165, 1.54) is 55.0 Å². The second-order valence-electron chi connectivity index (χ2n) is 6.13. The van der Waals surface area contributed by atoms with Crippen LogP contribution in [0.2, 0.25) is 0 Å². The van der Waals surface area contributed by atoms with Crippen molar-refractivity contribution in [1.82, 2.24) is 24.3 Å². The number of rotatable bonds is 4. The van der Waals surface area contributed by atoms with Gasteiger partial charge in [-0.05, 0) is 55.2 Å². The Labute approximate surface area is 248 Å². The maximum absolute atomic E-state index is 13.1. The van der Waals surface area contributed by atoms with Crippen molar-refractivity contribution in [3.8, 4) is 11.5 Å². The summed E-state index contributed by atoms with van der Waals surface area (Å²) in [5.74, 6) is -1.64. The fourth-order valence-electron chi connectivity index (χ4n) is 2.14. The largest absolute Gasteiger partial charge is 0.400 e. The molecule has 8 N–H and O–H groups in total. The minimum Gasteiger partial charge on any atom is -0.400 e. The summed E-state index contributed by atoms with van der Waals surface area (Å²) in [4.78, 5) is 14.9. The molecule has 11 nitrogen and oxygen atoms in total. The number of hydrogen-bond acceptors (Lipinski definition) is 12. The molecule has 4 heterocycles. The molecule has 0 aromatic carbocycles. The molecule has 0 aliphatic carbocycles. The molecule has 0 radical (unpaired) electrons. The summed E-state index contributed by atoms with van der Waals surface area (Å²) in [7, 11) is 2.00. The zero-order valence-electron chi connectivity index (χ0n) is 21.7. The Morgan fingerprint density at radius 2 is 1.39 bits per heavy atom. The second kappa shape index (κ2) is 23.7. The molecule has 0 atom stereocenters. The molecule has 0 saturated carbocycles. The van der Waals surface area contributed by atoms with Crippen molar-refractivity contribution < 1.29 is 23.4 Å². The van der Waals surface area contributed by atoms with Crippen molar-refractivity contribution >= 4 is 57.1 Å². The lowest BCUT2D eigenvalue weighted by Gasteiger charge is -1.98. The highest BCUT2D eigenvalue weighted by atomic mass is 35.5. The number of aliphatic hydroxyl groups is 2. The number of nitrogens with one attached hydrogen (secondary N) is 2. The Kier molecular flexibility index (Phi) is 22.5. The van der Waals surface area contributed by atoms with Gasteiger partial charge in [-0.3, -0.25) is 10.4 Å². The highest BCUT2D eigenvalue weighted by molar-refractivity contribution is 7.78. The molecule has 0 bridgehead atoms. The van der Waals surface area contributed by atoms with E-state index in [4.69, 9.17) is 44.1 Å². The van der Waals surface area contributed by atoms with Crippen LogP contribution in [-0.2, 0) is 0 Å². The van der Waals surface area contributed by atoms with E-state index >= 15 is 0 Å². The number of nitrogens with two attached hydrogens (primary N) is 2. The molecule has 4 aromatic heterocycles. The van der Waals surface area contributed by atoms with Gasteiger partial charge in [0.05, 0.1) is 11.6 Å². The van der Waals surface area contributed by atoms with Gasteiger partial charge in [0.15, 0.2) is 28.4 Å². The molecule has 0 amide bonds. The number of amidine groups is 1. The first-order chi connectivity index (χ1) is 19.7. The van der Waals surface area contributed by atoms with Gasteiger partial charge >= 0.3 is 0 Å². The number of pyridine rings is 3. The summed E-state index contributed by atoms with van der Waals surface area (Å²) in [5, 5.41) is 30.4. The number of hydrogen-bond donors (Lipinski definition) is 6. The first-order valence-corrected chi connectivity index (χ1v) is 12.3. The van der Waals surface area contributed by atoms with Gasteiger partial charge in [-0.2, -0.15) is 9.36 Å². The zero-order valence-corrected chi connectivity index (χ0v) is 24.1. The SMILES string of the molecule is C=C=S.CO.CO.N=C(CCl)c1ncccc1F.N=C(N)c1ncccc1F.Nc1nc(-c2ncccc2F)ns1. The van der Waals surface area contributed by atoms with Gasteiger partial charge in [-0.15, -0.1) is 11.6 Å². The van der Waals surface area contributed by atoms with Crippen LogP contribution >= 0.6 is 35.4 Å². The van der Waals surface area contributed by atoms with Crippen LogP contribution in [-0.4, -0.2) is 71.2 Å². The maximum atomic E-state index is 13.1. The standard InChI is InChI=1S/C7H6ClFN2.C7H5FN4S.C6H6FN3.C2H2S.2CH4O/c8-4-6(10)7-5(9)2-1-3-11-7;8-4-2-1-3-10-5(4)6-11-7(9)13-12-6;7-4-2-1-3-10-5(4)6(8)9;1-2-3;2*1-2/h1-3,10H,4H2;1-3H,(H2,9,11,12);1-3H,(H3,8,9);1H2;2*2H,1H3. The molecule has 0 saturated heterocycles. The summed E-state index contributed by atoms with van der Waals surface area (Å²) in [5.41, 5.74) is 10.4. The fraction of sp³-hybridized carbons (Fsp3) is 0.125. The van der Waals surface area contributed by atoms with Crippen molar-refractivity contribution in [2.24, 2.45) is 5.73 Å². The van der Waals surface area contributed by atoms with Crippen LogP contribution in [0.15, 0.2) is 61.6 Å². The van der Waals surface area contributed by atoms with Crippen molar-refractivity contribution in [1.29, 1.82) is 10.8 Å². The van der Waals surface area contributed by atoms with E-state index in [0.717, 1.165) is 25.8 Å². The Balaban J connectivity index is 0. The van der Waals surface area contributed by atoms with E-state index < -0.39 is 17.5 Å². The number of aromatic nitrogens is 5. The van der Waals surface area contributed by atoms with E-state index in [2.05, 4.69) is 48.1 Å². The quantitative estimate of drug-likeness (QED) is 0.0836. The van der Waals surface area contributed by atoms with Crippen LogP contribution < -0.4 is 11.5 Å². The smallest absolute Gasteiger partial charge is 0.200 e. The van der Waals surface area contributed by atoms with Gasteiger partial charge < -0.3 is 27.1 Å². The zero-order chi connectivity index (χ0) is 31.8. The molecule has 4 aromatic rings. The molecule has 220 valence electrons. The molecule has 4 rings (SSSR count). The minimum atomic E-state index is -0.560. The molecule has 0 unspecified atom stereocenters. The van der Waals surface area contributed by atoms with Crippen LogP contribution in [0, 0.1) is 28.3 Å². The number of alkyl halides is 1. The highest BCUT2D eigenvalue weighted by Crippen LogP contribution is 2.19. The number of anilines is 1. The molecule has 0 aliphatic heterocycles. The Hall–Kier alpha value is -4.18. The van der Waals surface area contributed by atoms with Crippen LogP contribution in [0.4, 0.5) is 18.3 Å². The van der Waals surface area contributed by atoms with Gasteiger partial charge in [0.1, 0.15) is 22.9 Å². The van der Waals surface area contributed by atoms with Crippen LogP contribution in [0.3, 0.4) is 0 Å². The summed E-state index contributed by atoms with van der Waals surface area (Å²) in [6.45, 7) is 3.05. The third-order valence-corrected chi connectivity index (χ3v) is 4.41. The molecule has 17 heteroatoms. The van der Waals surface area contributed by atoms with Gasteiger partial charge in [-0.1, -0.05) is 5.02 Å². The minimum absolute atomic E-state index is 0.00441. The Morgan fingerprint density at radius 1 is 0.951 bits per heavy atom. The number of nitrogen functional groups attached to an aromatic ring is 2. The van der Waals surface area contributed by atoms with Crippen molar-refractivity contribution in [2.45, 2.75) is 0 Å². The average Bonchev–Trinajstić information content (AvgIpc) is 3.42. The Bertz CT molecular complexity index is 1380. The molecule has 41 heavy (non-hydrogen) atoms. The third kappa shape index (κ3) is 15.3. The predicted molar refractivity (Wildman–Crippen MR) is 159 cm³/mol. The lowest BCUT2D eigenvalue weighted by atomic mass is 10.2. The first-order valence-electron chi connectivity index (χ1n) is 10.6. The summed E-state index contributed by atoms with van der Waals surface area (Å²) in [6, 6.07) is 8.20. The topological polar surface area (TPSA) is 205 Å². The normalized spacial score (nSPS) is 8.59. The van der Waals surface area contributed by atoms with Crippen molar-refractivity contribution in [3.05, 3.63) is 90.4 Å².